The van der Waals surface area contributed by atoms with Gasteiger partial charge in [0.15, 0.2) is 0 Å². The molecule has 0 heterocycles. The lowest BCUT2D eigenvalue weighted by atomic mass is 10.2. The maximum Gasteiger partial charge on any atom is 0.349 e. The summed E-state index contributed by atoms with van der Waals surface area (Å²) in [7, 11) is -7.44. The molecule has 0 spiro atoms. The summed E-state index contributed by atoms with van der Waals surface area (Å²) in [5.41, 5.74) is 0.961. The Morgan fingerprint density at radius 2 is 1.68 bits per heavy atom. The number of nitrogens with one attached hydrogen (secondary N) is 1. The quantitative estimate of drug-likeness (QED) is 0.415. The second kappa shape index (κ2) is 10.7. The van der Waals surface area contributed by atoms with Crippen LogP contribution in [0.5, 0.6) is 0 Å². The molecule has 0 aromatic heterocycles. The monoisotopic (exact) mass is 409 g/mol. The van der Waals surface area contributed by atoms with E-state index in [1.807, 2.05) is 13.8 Å². The van der Waals surface area contributed by atoms with E-state index in [0.29, 0.717) is 5.75 Å². The Morgan fingerprint density at radius 3 is 2.16 bits per heavy atom. The zero-order valence-corrected chi connectivity index (χ0v) is 17.8. The summed E-state index contributed by atoms with van der Waals surface area (Å²) in [6.45, 7) is 7.68. The van der Waals surface area contributed by atoms with Crippen molar-refractivity contribution in [1.82, 2.24) is 4.72 Å². The van der Waals surface area contributed by atoms with Crippen molar-refractivity contribution in [3.63, 3.8) is 0 Å². The van der Waals surface area contributed by atoms with E-state index >= 15 is 0 Å². The molecule has 25 heavy (non-hydrogen) atoms. The van der Waals surface area contributed by atoms with Crippen molar-refractivity contribution in [3.05, 3.63) is 29.8 Å². The molecule has 6 nitrogen and oxygen atoms in total. The Balaban J connectivity index is 3.09. The minimum atomic E-state index is -3.83. The highest BCUT2D eigenvalue weighted by atomic mass is 32.2. The first-order valence-electron chi connectivity index (χ1n) is 8.34. The highest BCUT2D eigenvalue weighted by Crippen LogP contribution is 2.53. The summed E-state index contributed by atoms with van der Waals surface area (Å²) >= 11 is 1.52. The summed E-state index contributed by atoms with van der Waals surface area (Å²) in [6, 6.07) is 6.50. The van der Waals surface area contributed by atoms with E-state index in [9.17, 15) is 13.0 Å². The Hall–Kier alpha value is -0.370. The van der Waals surface area contributed by atoms with E-state index in [1.165, 1.54) is 23.9 Å². The SMILES string of the molecule is CCCSCC(NS(=O)(=O)c1ccc(C)cc1)P(=O)(OCC)OCC. The maximum atomic E-state index is 13.1. The lowest BCUT2D eigenvalue weighted by molar-refractivity contribution is 0.212. The number of thioether (sulfide) groups is 1. The molecule has 1 aromatic rings. The smallest absolute Gasteiger partial charge is 0.308 e. The van der Waals surface area contributed by atoms with Gasteiger partial charge in [0.2, 0.25) is 10.0 Å². The zero-order chi connectivity index (χ0) is 18.9. The van der Waals surface area contributed by atoms with E-state index < -0.39 is 23.4 Å². The molecule has 0 aliphatic rings. The van der Waals surface area contributed by atoms with Gasteiger partial charge < -0.3 is 9.05 Å². The number of sulfonamides is 1. The molecule has 1 rings (SSSR count). The molecule has 0 aliphatic heterocycles. The Kier molecular flexibility index (Phi) is 9.70. The summed E-state index contributed by atoms with van der Waals surface area (Å²) in [6.07, 6.45) is 0.940. The second-order valence-electron chi connectivity index (χ2n) is 5.40. The van der Waals surface area contributed by atoms with Gasteiger partial charge in [-0.3, -0.25) is 4.57 Å². The van der Waals surface area contributed by atoms with Gasteiger partial charge in [0.1, 0.15) is 5.78 Å². The minimum Gasteiger partial charge on any atom is -0.308 e. The lowest BCUT2D eigenvalue weighted by Crippen LogP contribution is -2.37. The van der Waals surface area contributed by atoms with Gasteiger partial charge in [-0.05, 0) is 45.1 Å². The second-order valence-corrected chi connectivity index (χ2v) is 10.5. The summed E-state index contributed by atoms with van der Waals surface area (Å²) in [5.74, 6) is 0.215. The Labute approximate surface area is 155 Å². The van der Waals surface area contributed by atoms with Gasteiger partial charge in [-0.25, -0.2) is 8.42 Å². The molecule has 1 aromatic carbocycles. The van der Waals surface area contributed by atoms with E-state index in [0.717, 1.165) is 17.7 Å². The van der Waals surface area contributed by atoms with Gasteiger partial charge in [-0.1, -0.05) is 24.6 Å². The molecule has 0 bridgehead atoms. The maximum absolute atomic E-state index is 13.1. The normalized spacial score (nSPS) is 13.8. The van der Waals surface area contributed by atoms with Crippen LogP contribution in [0.2, 0.25) is 0 Å². The highest BCUT2D eigenvalue weighted by molar-refractivity contribution is 7.99. The molecule has 0 aliphatic carbocycles. The zero-order valence-electron chi connectivity index (χ0n) is 15.2. The van der Waals surface area contributed by atoms with Crippen LogP contribution in [0.15, 0.2) is 29.2 Å². The average molecular weight is 410 g/mol. The average Bonchev–Trinajstić information content (AvgIpc) is 2.55. The molecule has 1 atom stereocenters. The van der Waals surface area contributed by atoms with Gasteiger partial charge >= 0.3 is 7.60 Å². The first kappa shape index (κ1) is 22.7. The van der Waals surface area contributed by atoms with Crippen molar-refractivity contribution >= 4 is 29.4 Å². The van der Waals surface area contributed by atoms with Crippen LogP contribution < -0.4 is 4.72 Å². The minimum absolute atomic E-state index is 0.128. The van der Waals surface area contributed by atoms with Gasteiger partial charge in [0.25, 0.3) is 0 Å². The molecule has 0 saturated heterocycles. The number of benzene rings is 1. The van der Waals surface area contributed by atoms with Crippen molar-refractivity contribution in [2.24, 2.45) is 0 Å². The third kappa shape index (κ3) is 7.04. The first-order chi connectivity index (χ1) is 11.8. The van der Waals surface area contributed by atoms with E-state index in [2.05, 4.69) is 4.72 Å². The predicted octanol–water partition coefficient (Wildman–Crippen LogP) is 4.01. The van der Waals surface area contributed by atoms with Crippen molar-refractivity contribution < 1.29 is 22.0 Å². The van der Waals surface area contributed by atoms with Crippen molar-refractivity contribution in [2.45, 2.75) is 44.8 Å². The summed E-state index contributed by atoms with van der Waals surface area (Å²) in [4.78, 5) is 0.128. The van der Waals surface area contributed by atoms with Crippen LogP contribution >= 0.6 is 19.4 Å². The molecule has 0 fully saturated rings. The molecule has 9 heteroatoms. The molecule has 0 radical (unpaired) electrons. The van der Waals surface area contributed by atoms with E-state index in [1.54, 1.807) is 26.0 Å². The highest BCUT2D eigenvalue weighted by Gasteiger charge is 2.38. The van der Waals surface area contributed by atoms with Gasteiger partial charge in [0, 0.05) is 5.75 Å². The summed E-state index contributed by atoms with van der Waals surface area (Å²) < 4.78 is 51.7. The fraction of sp³-hybridized carbons (Fsp3) is 0.625. The largest absolute Gasteiger partial charge is 0.349 e. The van der Waals surface area contributed by atoms with Crippen LogP contribution in [-0.4, -0.2) is 38.9 Å². The fourth-order valence-corrected chi connectivity index (χ4v) is 7.14. The Bertz CT molecular complexity index is 654. The van der Waals surface area contributed by atoms with Crippen LogP contribution in [0.25, 0.3) is 0 Å². The standard InChI is InChI=1S/C16H28NO5PS2/c1-5-12-24-13-16(23(18,21-6-2)22-7-3)17-25(19,20)15-10-8-14(4)9-11-15/h8-11,16-17H,5-7,12-13H2,1-4H3. The number of rotatable bonds is 12. The lowest BCUT2D eigenvalue weighted by Gasteiger charge is -2.26. The van der Waals surface area contributed by atoms with Crippen LogP contribution in [-0.2, 0) is 23.6 Å². The molecular weight excluding hydrogens is 381 g/mol. The first-order valence-corrected chi connectivity index (χ1v) is 12.6. The number of hydrogen-bond donors (Lipinski definition) is 1. The van der Waals surface area contributed by atoms with Crippen molar-refractivity contribution in [1.29, 1.82) is 0 Å². The van der Waals surface area contributed by atoms with Crippen LogP contribution in [0.1, 0.15) is 32.8 Å². The van der Waals surface area contributed by atoms with Gasteiger partial charge in [-0.15, -0.1) is 0 Å². The van der Waals surface area contributed by atoms with Crippen LogP contribution in [0.4, 0.5) is 0 Å². The third-order valence-electron chi connectivity index (χ3n) is 3.25. The summed E-state index contributed by atoms with van der Waals surface area (Å²) in [5, 5.41) is 0. The molecule has 0 amide bonds. The number of aryl methyl sites for hydroxylation is 1. The topological polar surface area (TPSA) is 81.7 Å². The van der Waals surface area contributed by atoms with E-state index in [-0.39, 0.29) is 18.1 Å². The molecular formula is C16H28NO5PS2. The van der Waals surface area contributed by atoms with Gasteiger partial charge in [0.05, 0.1) is 18.1 Å². The van der Waals surface area contributed by atoms with Crippen LogP contribution in [0.3, 0.4) is 0 Å². The molecule has 1 N–H and O–H groups in total. The molecule has 1 unspecified atom stereocenters. The Morgan fingerprint density at radius 1 is 1.12 bits per heavy atom. The van der Waals surface area contributed by atoms with Crippen molar-refractivity contribution in [2.75, 3.05) is 24.7 Å². The third-order valence-corrected chi connectivity index (χ3v) is 8.73. The molecule has 144 valence electrons. The van der Waals surface area contributed by atoms with Gasteiger partial charge in [-0.2, -0.15) is 16.5 Å². The molecule has 0 saturated carbocycles. The fourth-order valence-electron chi connectivity index (χ4n) is 2.07. The van der Waals surface area contributed by atoms with Crippen LogP contribution in [0, 0.1) is 6.92 Å². The number of hydrogen-bond acceptors (Lipinski definition) is 6. The predicted molar refractivity (Wildman–Crippen MR) is 104 cm³/mol. The van der Waals surface area contributed by atoms with E-state index in [4.69, 9.17) is 9.05 Å². The van der Waals surface area contributed by atoms with Crippen molar-refractivity contribution in [3.8, 4) is 0 Å².